The van der Waals surface area contributed by atoms with E-state index in [9.17, 15) is 4.79 Å². The summed E-state index contributed by atoms with van der Waals surface area (Å²) in [4.78, 5) is 17.2. The molecule has 0 saturated heterocycles. The largest absolute Gasteiger partial charge is 0.495 e. The molecule has 0 spiro atoms. The maximum Gasteiger partial charge on any atom is 0.255 e. The molecule has 0 radical (unpaired) electrons. The van der Waals surface area contributed by atoms with Gasteiger partial charge in [0.2, 0.25) is 0 Å². The van der Waals surface area contributed by atoms with Gasteiger partial charge in [0.25, 0.3) is 5.91 Å². The van der Waals surface area contributed by atoms with E-state index in [-0.39, 0.29) is 11.9 Å². The van der Waals surface area contributed by atoms with Gasteiger partial charge in [0, 0.05) is 29.4 Å². The maximum absolute atomic E-state index is 12.7. The third-order valence-electron chi connectivity index (χ3n) is 4.34. The van der Waals surface area contributed by atoms with Crippen LogP contribution in [0.15, 0.2) is 53.1 Å². The standard InChI is InChI=1S/C20H18BrN3O2/c1-26-18-10-17-14(9-16(18)21)19(23-12-5-3-2-4-6-12)15(11-22-17)20(25)24-13-7-8-13/h2-6,9-11,13H,7-8H2,1H3,(H,22,23)(H,24,25). The zero-order valence-corrected chi connectivity index (χ0v) is 15.8. The highest BCUT2D eigenvalue weighted by Crippen LogP contribution is 2.36. The number of amides is 1. The van der Waals surface area contributed by atoms with Crippen LogP contribution < -0.4 is 15.4 Å². The van der Waals surface area contributed by atoms with Gasteiger partial charge in [-0.25, -0.2) is 0 Å². The van der Waals surface area contributed by atoms with E-state index in [1.54, 1.807) is 13.3 Å². The maximum atomic E-state index is 12.7. The van der Waals surface area contributed by atoms with Gasteiger partial charge in [0.1, 0.15) is 5.75 Å². The summed E-state index contributed by atoms with van der Waals surface area (Å²) in [5.74, 6) is 0.595. The number of rotatable bonds is 5. The first-order valence-electron chi connectivity index (χ1n) is 8.45. The number of benzene rings is 2. The Morgan fingerprint density at radius 2 is 2.00 bits per heavy atom. The van der Waals surface area contributed by atoms with Crippen molar-refractivity contribution in [1.82, 2.24) is 10.3 Å². The lowest BCUT2D eigenvalue weighted by Gasteiger charge is -2.16. The van der Waals surface area contributed by atoms with E-state index < -0.39 is 0 Å². The van der Waals surface area contributed by atoms with Crippen molar-refractivity contribution < 1.29 is 9.53 Å². The molecule has 132 valence electrons. The number of methoxy groups -OCH3 is 1. The molecule has 1 fully saturated rings. The predicted octanol–water partition coefficient (Wildman–Crippen LogP) is 4.64. The van der Waals surface area contributed by atoms with Crippen molar-refractivity contribution in [3.8, 4) is 5.75 Å². The van der Waals surface area contributed by atoms with Crippen LogP contribution in [0.25, 0.3) is 10.9 Å². The lowest BCUT2D eigenvalue weighted by molar-refractivity contribution is 0.0951. The van der Waals surface area contributed by atoms with Crippen LogP contribution in [-0.2, 0) is 0 Å². The van der Waals surface area contributed by atoms with Crippen molar-refractivity contribution >= 4 is 44.1 Å². The summed E-state index contributed by atoms with van der Waals surface area (Å²) in [7, 11) is 1.62. The summed E-state index contributed by atoms with van der Waals surface area (Å²) >= 11 is 3.53. The number of carbonyl (C=O) groups excluding carboxylic acids is 1. The Balaban J connectivity index is 1.85. The second-order valence-corrected chi connectivity index (χ2v) is 7.14. The molecule has 4 rings (SSSR count). The zero-order valence-electron chi connectivity index (χ0n) is 14.3. The molecule has 1 saturated carbocycles. The molecule has 1 aliphatic carbocycles. The van der Waals surface area contributed by atoms with Crippen LogP contribution in [0.3, 0.4) is 0 Å². The number of para-hydroxylation sites is 1. The minimum atomic E-state index is -0.104. The predicted molar refractivity (Wildman–Crippen MR) is 106 cm³/mol. The number of nitrogens with one attached hydrogen (secondary N) is 2. The second kappa shape index (κ2) is 6.96. The Hall–Kier alpha value is -2.60. The van der Waals surface area contributed by atoms with Crippen LogP contribution >= 0.6 is 15.9 Å². The number of aromatic nitrogens is 1. The number of pyridine rings is 1. The van der Waals surface area contributed by atoms with Gasteiger partial charge in [-0.3, -0.25) is 9.78 Å². The minimum absolute atomic E-state index is 0.104. The molecule has 2 N–H and O–H groups in total. The number of nitrogens with zero attached hydrogens (tertiary/aromatic N) is 1. The molecule has 2 aromatic carbocycles. The van der Waals surface area contributed by atoms with Crippen molar-refractivity contribution in [2.75, 3.05) is 12.4 Å². The number of fused-ring (bicyclic) bond motifs is 1. The van der Waals surface area contributed by atoms with E-state index in [0.717, 1.165) is 39.6 Å². The Kier molecular flexibility index (Phi) is 4.51. The van der Waals surface area contributed by atoms with Crippen molar-refractivity contribution in [2.24, 2.45) is 0 Å². The van der Waals surface area contributed by atoms with E-state index in [1.165, 1.54) is 0 Å². The Labute approximate surface area is 159 Å². The van der Waals surface area contributed by atoms with Gasteiger partial charge in [-0.05, 0) is 47.0 Å². The quantitative estimate of drug-likeness (QED) is 0.641. The van der Waals surface area contributed by atoms with Crippen molar-refractivity contribution in [3.05, 3.63) is 58.7 Å². The normalized spacial score (nSPS) is 13.5. The first-order chi connectivity index (χ1) is 12.7. The average Bonchev–Trinajstić information content (AvgIpc) is 3.46. The van der Waals surface area contributed by atoms with Crippen molar-refractivity contribution in [1.29, 1.82) is 0 Å². The summed E-state index contributed by atoms with van der Waals surface area (Å²) in [6, 6.07) is 13.9. The summed E-state index contributed by atoms with van der Waals surface area (Å²) < 4.78 is 6.17. The lowest BCUT2D eigenvalue weighted by atomic mass is 10.1. The summed E-state index contributed by atoms with van der Waals surface area (Å²) in [6.07, 6.45) is 3.70. The minimum Gasteiger partial charge on any atom is -0.495 e. The number of carbonyl (C=O) groups is 1. The third kappa shape index (κ3) is 3.37. The number of hydrogen-bond acceptors (Lipinski definition) is 4. The van der Waals surface area contributed by atoms with E-state index in [2.05, 4.69) is 31.5 Å². The van der Waals surface area contributed by atoms with Gasteiger partial charge < -0.3 is 15.4 Å². The Morgan fingerprint density at radius 1 is 1.23 bits per heavy atom. The summed E-state index contributed by atoms with van der Waals surface area (Å²) in [5.41, 5.74) is 2.94. The van der Waals surface area contributed by atoms with Crippen LogP contribution in [0.5, 0.6) is 5.75 Å². The topological polar surface area (TPSA) is 63.2 Å². The molecule has 0 aliphatic heterocycles. The van der Waals surface area contributed by atoms with E-state index in [1.807, 2.05) is 42.5 Å². The van der Waals surface area contributed by atoms with Crippen molar-refractivity contribution in [3.63, 3.8) is 0 Å². The van der Waals surface area contributed by atoms with E-state index >= 15 is 0 Å². The number of hydrogen-bond donors (Lipinski definition) is 2. The summed E-state index contributed by atoms with van der Waals surface area (Å²) in [5, 5.41) is 7.29. The summed E-state index contributed by atoms with van der Waals surface area (Å²) in [6.45, 7) is 0. The van der Waals surface area contributed by atoms with Gasteiger partial charge in [0.05, 0.1) is 28.4 Å². The van der Waals surface area contributed by atoms with Gasteiger partial charge >= 0.3 is 0 Å². The van der Waals surface area contributed by atoms with Gasteiger partial charge in [-0.2, -0.15) is 0 Å². The fraction of sp³-hybridized carbons (Fsp3) is 0.200. The first kappa shape index (κ1) is 16.8. The molecule has 1 heterocycles. The van der Waals surface area contributed by atoms with Gasteiger partial charge in [0.15, 0.2) is 0 Å². The smallest absolute Gasteiger partial charge is 0.255 e. The molecule has 26 heavy (non-hydrogen) atoms. The Bertz CT molecular complexity index is 972. The fourth-order valence-corrected chi connectivity index (χ4v) is 3.32. The van der Waals surface area contributed by atoms with Crippen LogP contribution in [0.1, 0.15) is 23.2 Å². The number of ether oxygens (including phenoxy) is 1. The molecule has 0 atom stereocenters. The first-order valence-corrected chi connectivity index (χ1v) is 9.24. The second-order valence-electron chi connectivity index (χ2n) is 6.29. The molecule has 6 heteroatoms. The molecule has 3 aromatic rings. The van der Waals surface area contributed by atoms with Gasteiger partial charge in [-0.15, -0.1) is 0 Å². The molecule has 0 bridgehead atoms. The lowest BCUT2D eigenvalue weighted by Crippen LogP contribution is -2.26. The fourth-order valence-electron chi connectivity index (χ4n) is 2.81. The van der Waals surface area contributed by atoms with Crippen LogP contribution in [0.4, 0.5) is 11.4 Å². The molecular formula is C20H18BrN3O2. The highest BCUT2D eigenvalue weighted by atomic mass is 79.9. The highest BCUT2D eigenvalue weighted by molar-refractivity contribution is 9.10. The molecule has 1 aliphatic rings. The van der Waals surface area contributed by atoms with E-state index in [4.69, 9.17) is 4.74 Å². The molecule has 1 aromatic heterocycles. The molecule has 0 unspecified atom stereocenters. The van der Waals surface area contributed by atoms with Crippen LogP contribution in [0.2, 0.25) is 0 Å². The monoisotopic (exact) mass is 411 g/mol. The van der Waals surface area contributed by atoms with Crippen LogP contribution in [-0.4, -0.2) is 24.0 Å². The SMILES string of the molecule is COc1cc2ncc(C(=O)NC3CC3)c(Nc3ccccc3)c2cc1Br. The molecular weight excluding hydrogens is 394 g/mol. The number of halogens is 1. The Morgan fingerprint density at radius 3 is 2.69 bits per heavy atom. The highest BCUT2D eigenvalue weighted by Gasteiger charge is 2.26. The van der Waals surface area contributed by atoms with Crippen LogP contribution in [0, 0.1) is 0 Å². The number of anilines is 2. The van der Waals surface area contributed by atoms with Crippen molar-refractivity contribution in [2.45, 2.75) is 18.9 Å². The zero-order chi connectivity index (χ0) is 18.1. The average molecular weight is 412 g/mol. The molecule has 1 amide bonds. The van der Waals surface area contributed by atoms with E-state index in [0.29, 0.717) is 11.3 Å². The molecule has 5 nitrogen and oxygen atoms in total. The van der Waals surface area contributed by atoms with Gasteiger partial charge in [-0.1, -0.05) is 18.2 Å². The third-order valence-corrected chi connectivity index (χ3v) is 4.96.